The normalized spacial score (nSPS) is 38.8. The third kappa shape index (κ3) is 1.54. The second kappa shape index (κ2) is 4.10. The topological polar surface area (TPSA) is 64.4 Å². The first-order valence-electron chi connectivity index (χ1n) is 6.26. The van der Waals surface area contributed by atoms with E-state index in [1.165, 1.54) is 0 Å². The summed E-state index contributed by atoms with van der Waals surface area (Å²) in [6, 6.07) is 0. The maximum Gasteiger partial charge on any atom is 0.241 e. The smallest absolute Gasteiger partial charge is 0.241 e. The lowest BCUT2D eigenvalue weighted by atomic mass is 9.46. The van der Waals surface area contributed by atoms with Gasteiger partial charge in [-0.3, -0.25) is 4.79 Å². The van der Waals surface area contributed by atoms with E-state index in [1.807, 2.05) is 13.8 Å². The zero-order valence-electron chi connectivity index (χ0n) is 10.7. The summed E-state index contributed by atoms with van der Waals surface area (Å²) in [4.78, 5) is 12.2. The Labute approximate surface area is 103 Å². The predicted octanol–water partition coefficient (Wildman–Crippen LogP) is 0.821. The number of carbonyl (C=O) groups excluding carboxylic acids is 1. The van der Waals surface area contributed by atoms with Crippen molar-refractivity contribution in [3.05, 3.63) is 12.7 Å². The predicted molar refractivity (Wildman–Crippen MR) is 66.4 cm³/mol. The zero-order valence-corrected chi connectivity index (χ0v) is 10.7. The summed E-state index contributed by atoms with van der Waals surface area (Å²) in [5.74, 6) is 0.0743. The molecule has 1 heterocycles. The van der Waals surface area contributed by atoms with E-state index >= 15 is 0 Å². The zero-order chi connectivity index (χ0) is 12.7. The molecule has 0 aromatic carbocycles. The highest BCUT2D eigenvalue weighted by Crippen LogP contribution is 2.57. The molecule has 3 atom stereocenters. The molecule has 3 N–H and O–H groups in total. The first kappa shape index (κ1) is 12.6. The summed E-state index contributed by atoms with van der Waals surface area (Å²) in [6.07, 6.45) is 3.76. The van der Waals surface area contributed by atoms with Gasteiger partial charge in [-0.25, -0.2) is 0 Å². The molecular formula is C13H22N2O2. The molecule has 3 unspecified atom stereocenters. The molecule has 2 aliphatic rings. The van der Waals surface area contributed by atoms with Crippen LogP contribution in [0.1, 0.15) is 26.7 Å². The fourth-order valence-corrected chi connectivity index (χ4v) is 3.35. The fraction of sp³-hybridized carbons (Fsp3) is 0.769. The van der Waals surface area contributed by atoms with Gasteiger partial charge in [0.15, 0.2) is 0 Å². The van der Waals surface area contributed by atoms with Gasteiger partial charge < -0.3 is 15.8 Å². The average molecular weight is 238 g/mol. The van der Waals surface area contributed by atoms with Crippen LogP contribution in [0.3, 0.4) is 0 Å². The van der Waals surface area contributed by atoms with Crippen LogP contribution < -0.4 is 11.1 Å². The first-order chi connectivity index (χ1) is 7.96. The van der Waals surface area contributed by atoms with Crippen molar-refractivity contribution >= 4 is 5.91 Å². The standard InChI is InChI=1S/C13H22N2O2/c1-4-7-15-11(16)13(14)9-6-5-8-17-10(9)12(13,2)3/h4,9-10H,1,5-8,14H2,2-3H3,(H,15,16). The number of rotatable bonds is 3. The Bertz CT molecular complexity index is 340. The van der Waals surface area contributed by atoms with E-state index in [1.54, 1.807) is 6.08 Å². The third-order valence-corrected chi connectivity index (χ3v) is 4.47. The van der Waals surface area contributed by atoms with Gasteiger partial charge >= 0.3 is 0 Å². The van der Waals surface area contributed by atoms with Crippen LogP contribution in [0.4, 0.5) is 0 Å². The Hall–Kier alpha value is -0.870. The average Bonchev–Trinajstić information content (AvgIpc) is 2.34. The molecule has 1 amide bonds. The van der Waals surface area contributed by atoms with Crippen molar-refractivity contribution in [1.82, 2.24) is 5.32 Å². The fourth-order valence-electron chi connectivity index (χ4n) is 3.35. The summed E-state index contributed by atoms with van der Waals surface area (Å²) in [6.45, 7) is 8.89. The number of amides is 1. The molecule has 0 radical (unpaired) electrons. The van der Waals surface area contributed by atoms with Crippen molar-refractivity contribution in [2.24, 2.45) is 17.1 Å². The molecule has 0 bridgehead atoms. The Kier molecular flexibility index (Phi) is 3.04. The van der Waals surface area contributed by atoms with Crippen molar-refractivity contribution in [2.45, 2.75) is 38.3 Å². The van der Waals surface area contributed by atoms with Crippen LogP contribution in [0.15, 0.2) is 12.7 Å². The second-order valence-corrected chi connectivity index (χ2v) is 5.63. The Morgan fingerprint density at radius 3 is 3.00 bits per heavy atom. The minimum absolute atomic E-state index is 0.0749. The van der Waals surface area contributed by atoms with Gasteiger partial charge in [-0.15, -0.1) is 6.58 Å². The number of fused-ring (bicyclic) bond motifs is 1. The molecule has 0 spiro atoms. The highest BCUT2D eigenvalue weighted by atomic mass is 16.5. The van der Waals surface area contributed by atoms with Gasteiger partial charge in [-0.2, -0.15) is 0 Å². The van der Waals surface area contributed by atoms with Crippen LogP contribution in [0.5, 0.6) is 0 Å². The third-order valence-electron chi connectivity index (χ3n) is 4.47. The van der Waals surface area contributed by atoms with Crippen LogP contribution in [0.2, 0.25) is 0 Å². The second-order valence-electron chi connectivity index (χ2n) is 5.63. The number of nitrogens with one attached hydrogen (secondary N) is 1. The largest absolute Gasteiger partial charge is 0.377 e. The molecule has 4 heteroatoms. The highest BCUT2D eigenvalue weighted by molar-refractivity contribution is 5.89. The lowest BCUT2D eigenvalue weighted by Gasteiger charge is -2.65. The monoisotopic (exact) mass is 238 g/mol. The van der Waals surface area contributed by atoms with Gasteiger partial charge in [-0.05, 0) is 12.8 Å². The van der Waals surface area contributed by atoms with E-state index in [0.29, 0.717) is 6.54 Å². The van der Waals surface area contributed by atoms with Crippen LogP contribution in [-0.4, -0.2) is 30.7 Å². The Morgan fingerprint density at radius 2 is 2.35 bits per heavy atom. The molecule has 4 nitrogen and oxygen atoms in total. The van der Waals surface area contributed by atoms with Crippen LogP contribution in [-0.2, 0) is 9.53 Å². The molecule has 1 saturated heterocycles. The van der Waals surface area contributed by atoms with Crippen molar-refractivity contribution in [3.8, 4) is 0 Å². The molecule has 17 heavy (non-hydrogen) atoms. The lowest BCUT2D eigenvalue weighted by molar-refractivity contribution is -0.225. The van der Waals surface area contributed by atoms with Crippen molar-refractivity contribution in [3.63, 3.8) is 0 Å². The van der Waals surface area contributed by atoms with E-state index in [4.69, 9.17) is 10.5 Å². The van der Waals surface area contributed by atoms with Gasteiger partial charge in [0.25, 0.3) is 0 Å². The van der Waals surface area contributed by atoms with E-state index in [9.17, 15) is 4.79 Å². The van der Waals surface area contributed by atoms with Crippen molar-refractivity contribution in [2.75, 3.05) is 13.2 Å². The number of hydrogen-bond acceptors (Lipinski definition) is 3. The number of hydrogen-bond donors (Lipinski definition) is 2. The van der Waals surface area contributed by atoms with E-state index in [0.717, 1.165) is 19.4 Å². The summed E-state index contributed by atoms with van der Waals surface area (Å²) < 4.78 is 5.76. The molecule has 1 saturated carbocycles. The molecular weight excluding hydrogens is 216 g/mol. The Balaban J connectivity index is 2.17. The quantitative estimate of drug-likeness (QED) is 0.716. The van der Waals surface area contributed by atoms with E-state index < -0.39 is 5.54 Å². The minimum atomic E-state index is -0.804. The SMILES string of the molecule is C=CCNC(=O)C1(N)C2CCCOC2C1(C)C. The van der Waals surface area contributed by atoms with Crippen molar-refractivity contribution in [1.29, 1.82) is 0 Å². The van der Waals surface area contributed by atoms with Gasteiger partial charge in [0, 0.05) is 24.5 Å². The van der Waals surface area contributed by atoms with Crippen molar-refractivity contribution < 1.29 is 9.53 Å². The molecule has 0 aromatic rings. The van der Waals surface area contributed by atoms with Gasteiger partial charge in [0.2, 0.25) is 5.91 Å². The van der Waals surface area contributed by atoms with Crippen LogP contribution in [0, 0.1) is 11.3 Å². The maximum absolute atomic E-state index is 12.2. The summed E-state index contributed by atoms with van der Waals surface area (Å²) in [7, 11) is 0. The first-order valence-corrected chi connectivity index (χ1v) is 6.26. The molecule has 2 rings (SSSR count). The van der Waals surface area contributed by atoms with Gasteiger partial charge in [0.1, 0.15) is 5.54 Å². The van der Waals surface area contributed by atoms with E-state index in [-0.39, 0.29) is 23.3 Å². The molecule has 1 aliphatic carbocycles. The molecule has 0 aromatic heterocycles. The van der Waals surface area contributed by atoms with Gasteiger partial charge in [-0.1, -0.05) is 19.9 Å². The summed E-state index contributed by atoms with van der Waals surface area (Å²) >= 11 is 0. The summed E-state index contributed by atoms with van der Waals surface area (Å²) in [5.41, 5.74) is 5.29. The number of ether oxygens (including phenoxy) is 1. The lowest BCUT2D eigenvalue weighted by Crippen LogP contribution is -2.82. The maximum atomic E-state index is 12.2. The molecule has 1 aliphatic heterocycles. The number of carbonyl (C=O) groups is 1. The van der Waals surface area contributed by atoms with Gasteiger partial charge in [0.05, 0.1) is 6.10 Å². The Morgan fingerprint density at radius 1 is 1.65 bits per heavy atom. The van der Waals surface area contributed by atoms with Crippen LogP contribution in [0.25, 0.3) is 0 Å². The molecule has 96 valence electrons. The van der Waals surface area contributed by atoms with E-state index in [2.05, 4.69) is 11.9 Å². The minimum Gasteiger partial charge on any atom is -0.377 e. The summed E-state index contributed by atoms with van der Waals surface area (Å²) in [5, 5.41) is 2.83. The highest BCUT2D eigenvalue weighted by Gasteiger charge is 2.70. The van der Waals surface area contributed by atoms with Crippen LogP contribution >= 0.6 is 0 Å². The molecule has 2 fully saturated rings. The number of nitrogens with two attached hydrogens (primary N) is 1.